The van der Waals surface area contributed by atoms with Gasteiger partial charge in [0.15, 0.2) is 5.96 Å². The van der Waals surface area contributed by atoms with Crippen molar-refractivity contribution in [3.63, 3.8) is 0 Å². The van der Waals surface area contributed by atoms with Gasteiger partial charge >= 0.3 is 0 Å². The first kappa shape index (κ1) is 15.8. The van der Waals surface area contributed by atoms with Crippen LogP contribution in [0.2, 0.25) is 0 Å². The van der Waals surface area contributed by atoms with E-state index < -0.39 is 0 Å². The average Bonchev–Trinajstić information content (AvgIpc) is 2.94. The van der Waals surface area contributed by atoms with Crippen molar-refractivity contribution in [1.29, 1.82) is 0 Å². The van der Waals surface area contributed by atoms with Crippen molar-refractivity contribution < 1.29 is 4.74 Å². The van der Waals surface area contributed by atoms with E-state index in [1.807, 2.05) is 6.07 Å². The monoisotopic (exact) mass is 289 g/mol. The van der Waals surface area contributed by atoms with Gasteiger partial charge in [0.25, 0.3) is 0 Å². The second-order valence-electron chi connectivity index (χ2n) is 5.77. The molecule has 1 aromatic rings. The van der Waals surface area contributed by atoms with E-state index in [-0.39, 0.29) is 0 Å². The molecular formula is C17H27N3O. The molecule has 1 atom stereocenters. The number of benzene rings is 1. The fourth-order valence-electron chi connectivity index (χ4n) is 2.73. The fourth-order valence-corrected chi connectivity index (χ4v) is 2.73. The van der Waals surface area contributed by atoms with Crippen molar-refractivity contribution in [3.8, 4) is 0 Å². The molecule has 1 aliphatic rings. The lowest BCUT2D eigenvalue weighted by Gasteiger charge is -2.26. The molecule has 116 valence electrons. The lowest BCUT2D eigenvalue weighted by atomic mass is 10.1. The first-order valence-electron chi connectivity index (χ1n) is 7.79. The van der Waals surface area contributed by atoms with Crippen molar-refractivity contribution in [2.45, 2.75) is 20.0 Å². The first-order valence-corrected chi connectivity index (χ1v) is 7.79. The minimum atomic E-state index is 0.607. The number of likely N-dealkylation sites (tertiary alicyclic amines) is 1. The summed E-state index contributed by atoms with van der Waals surface area (Å²) in [5.41, 5.74) is 1.24. The Balaban J connectivity index is 1.76. The molecule has 1 heterocycles. The maximum absolute atomic E-state index is 5.87. The zero-order valence-corrected chi connectivity index (χ0v) is 13.5. The molecular weight excluding hydrogens is 262 g/mol. The molecule has 0 spiro atoms. The molecule has 1 aliphatic heterocycles. The number of hydrogen-bond donors (Lipinski definition) is 0. The van der Waals surface area contributed by atoms with E-state index in [2.05, 4.69) is 60.1 Å². The molecule has 4 heteroatoms. The molecule has 0 bridgehead atoms. The van der Waals surface area contributed by atoms with E-state index in [1.54, 1.807) is 0 Å². The van der Waals surface area contributed by atoms with Crippen LogP contribution in [-0.4, -0.2) is 56.1 Å². The number of hydrogen-bond acceptors (Lipinski definition) is 2. The maximum atomic E-state index is 5.87. The van der Waals surface area contributed by atoms with Crippen LogP contribution in [0.4, 0.5) is 0 Å². The topological polar surface area (TPSA) is 28.1 Å². The van der Waals surface area contributed by atoms with Gasteiger partial charge in [-0.05, 0) is 18.9 Å². The van der Waals surface area contributed by atoms with E-state index in [1.165, 1.54) is 12.0 Å². The standard InChI is InChI=1S/C17H27N3O/c1-4-18-17(19(2)3)20-11-10-16(12-20)14-21-13-15-8-6-5-7-9-15/h5-9,16H,4,10-14H2,1-3H3. The lowest BCUT2D eigenvalue weighted by molar-refractivity contribution is 0.0905. The van der Waals surface area contributed by atoms with Crippen molar-refractivity contribution in [2.24, 2.45) is 10.9 Å². The zero-order chi connectivity index (χ0) is 15.1. The third-order valence-corrected chi connectivity index (χ3v) is 3.73. The summed E-state index contributed by atoms with van der Waals surface area (Å²) in [7, 11) is 4.13. The lowest BCUT2D eigenvalue weighted by Crippen LogP contribution is -2.39. The van der Waals surface area contributed by atoms with Crippen LogP contribution in [0.25, 0.3) is 0 Å². The van der Waals surface area contributed by atoms with Gasteiger partial charge in [-0.3, -0.25) is 4.99 Å². The van der Waals surface area contributed by atoms with Gasteiger partial charge in [-0.25, -0.2) is 0 Å². The minimum absolute atomic E-state index is 0.607. The molecule has 0 amide bonds. The number of aliphatic imine (C=N–C) groups is 1. The molecule has 0 N–H and O–H groups in total. The van der Waals surface area contributed by atoms with Crippen LogP contribution >= 0.6 is 0 Å². The molecule has 21 heavy (non-hydrogen) atoms. The normalized spacial score (nSPS) is 19.1. The smallest absolute Gasteiger partial charge is 0.196 e. The van der Waals surface area contributed by atoms with Crippen LogP contribution in [-0.2, 0) is 11.3 Å². The van der Waals surface area contributed by atoms with E-state index in [9.17, 15) is 0 Å². The molecule has 0 aromatic heterocycles. The highest BCUT2D eigenvalue weighted by atomic mass is 16.5. The van der Waals surface area contributed by atoms with Crippen LogP contribution in [0.5, 0.6) is 0 Å². The van der Waals surface area contributed by atoms with Crippen molar-refractivity contribution >= 4 is 5.96 Å². The molecule has 1 saturated heterocycles. The Bertz CT molecular complexity index is 445. The van der Waals surface area contributed by atoms with Crippen molar-refractivity contribution in [3.05, 3.63) is 35.9 Å². The van der Waals surface area contributed by atoms with Gasteiger partial charge in [-0.1, -0.05) is 30.3 Å². The molecule has 2 rings (SSSR count). The van der Waals surface area contributed by atoms with Crippen molar-refractivity contribution in [2.75, 3.05) is 40.3 Å². The zero-order valence-electron chi connectivity index (χ0n) is 13.5. The van der Waals surface area contributed by atoms with Crippen LogP contribution in [0.3, 0.4) is 0 Å². The molecule has 1 aromatic carbocycles. The Hall–Kier alpha value is -1.55. The Labute approximate surface area is 128 Å². The van der Waals surface area contributed by atoms with Crippen LogP contribution in [0.15, 0.2) is 35.3 Å². The summed E-state index contributed by atoms with van der Waals surface area (Å²) >= 11 is 0. The third kappa shape index (κ3) is 4.74. The summed E-state index contributed by atoms with van der Waals surface area (Å²) in [6.07, 6.45) is 1.19. The van der Waals surface area contributed by atoms with Gasteiger partial charge in [0.2, 0.25) is 0 Å². The van der Waals surface area contributed by atoms with E-state index in [0.717, 1.165) is 32.2 Å². The largest absolute Gasteiger partial charge is 0.376 e. The Kier molecular flexibility index (Phi) is 6.05. The van der Waals surface area contributed by atoms with Crippen molar-refractivity contribution in [1.82, 2.24) is 9.80 Å². The van der Waals surface area contributed by atoms with Crippen LogP contribution < -0.4 is 0 Å². The minimum Gasteiger partial charge on any atom is -0.376 e. The van der Waals surface area contributed by atoms with E-state index >= 15 is 0 Å². The van der Waals surface area contributed by atoms with Gasteiger partial charge in [0.05, 0.1) is 13.2 Å². The highest BCUT2D eigenvalue weighted by Gasteiger charge is 2.25. The second-order valence-corrected chi connectivity index (χ2v) is 5.77. The van der Waals surface area contributed by atoms with Gasteiger partial charge < -0.3 is 14.5 Å². The van der Waals surface area contributed by atoms with E-state index in [4.69, 9.17) is 4.74 Å². The third-order valence-electron chi connectivity index (χ3n) is 3.73. The predicted molar refractivity (Wildman–Crippen MR) is 87.4 cm³/mol. The molecule has 4 nitrogen and oxygen atoms in total. The van der Waals surface area contributed by atoms with Crippen LogP contribution in [0.1, 0.15) is 18.9 Å². The highest BCUT2D eigenvalue weighted by molar-refractivity contribution is 5.79. The molecule has 1 unspecified atom stereocenters. The van der Waals surface area contributed by atoms with Gasteiger partial charge in [-0.15, -0.1) is 0 Å². The molecule has 1 fully saturated rings. The second kappa shape index (κ2) is 8.03. The summed E-state index contributed by atoms with van der Waals surface area (Å²) in [4.78, 5) is 9.08. The van der Waals surface area contributed by atoms with E-state index in [0.29, 0.717) is 12.5 Å². The Morgan fingerprint density at radius 3 is 2.76 bits per heavy atom. The van der Waals surface area contributed by atoms with Gasteiger partial charge in [0.1, 0.15) is 0 Å². The quantitative estimate of drug-likeness (QED) is 0.616. The molecule has 0 radical (unpaired) electrons. The Morgan fingerprint density at radius 1 is 1.33 bits per heavy atom. The summed E-state index contributed by atoms with van der Waals surface area (Å²) in [6, 6.07) is 10.4. The number of rotatable bonds is 5. The summed E-state index contributed by atoms with van der Waals surface area (Å²) in [5, 5.41) is 0. The SMILES string of the molecule is CCN=C(N(C)C)N1CCC(COCc2ccccc2)C1. The highest BCUT2D eigenvalue weighted by Crippen LogP contribution is 2.18. The maximum Gasteiger partial charge on any atom is 0.196 e. The first-order chi connectivity index (χ1) is 10.2. The number of guanidine groups is 1. The fraction of sp³-hybridized carbons (Fsp3) is 0.588. The summed E-state index contributed by atoms with van der Waals surface area (Å²) in [6.45, 7) is 6.58. The van der Waals surface area contributed by atoms with Crippen LogP contribution in [0, 0.1) is 5.92 Å². The summed E-state index contributed by atoms with van der Waals surface area (Å²) in [5.74, 6) is 1.71. The van der Waals surface area contributed by atoms with Gasteiger partial charge in [-0.2, -0.15) is 0 Å². The van der Waals surface area contributed by atoms with Gasteiger partial charge in [0, 0.05) is 39.6 Å². The molecule has 0 aliphatic carbocycles. The average molecular weight is 289 g/mol. The predicted octanol–water partition coefficient (Wildman–Crippen LogP) is 2.46. The molecule has 0 saturated carbocycles. The Morgan fingerprint density at radius 2 is 2.10 bits per heavy atom. The summed E-state index contributed by atoms with van der Waals surface area (Å²) < 4.78 is 5.87. The number of nitrogens with zero attached hydrogens (tertiary/aromatic N) is 3. The number of ether oxygens (including phenoxy) is 1.